The van der Waals surface area contributed by atoms with Gasteiger partial charge in [-0.25, -0.2) is 4.39 Å². The van der Waals surface area contributed by atoms with Crippen LogP contribution in [0, 0.1) is 5.82 Å². The zero-order chi connectivity index (χ0) is 16.7. The number of hydrogen-bond acceptors (Lipinski definition) is 3. The summed E-state index contributed by atoms with van der Waals surface area (Å²) < 4.78 is 13.2. The number of carbonyl (C=O) groups is 1. The highest BCUT2D eigenvalue weighted by molar-refractivity contribution is 5.94. The molecule has 0 radical (unpaired) electrons. The molecule has 5 heteroatoms. The van der Waals surface area contributed by atoms with Crippen LogP contribution in [-0.2, 0) is 5.60 Å². The van der Waals surface area contributed by atoms with Crippen LogP contribution in [0.15, 0.2) is 48.8 Å². The van der Waals surface area contributed by atoms with Crippen molar-refractivity contribution >= 4 is 5.91 Å². The van der Waals surface area contributed by atoms with Crippen LogP contribution in [0.5, 0.6) is 0 Å². The molecule has 2 fully saturated rings. The average Bonchev–Trinajstić information content (AvgIpc) is 2.87. The molecule has 24 heavy (non-hydrogen) atoms. The number of carbonyl (C=O) groups excluding carboxylic acids is 1. The van der Waals surface area contributed by atoms with Crippen molar-refractivity contribution in [2.45, 2.75) is 43.4 Å². The number of fused-ring (bicyclic) bond motifs is 2. The van der Waals surface area contributed by atoms with E-state index in [4.69, 9.17) is 0 Å². The van der Waals surface area contributed by atoms with Crippen molar-refractivity contribution in [2.75, 3.05) is 0 Å². The molecule has 0 saturated carbocycles. The first-order valence-corrected chi connectivity index (χ1v) is 8.28. The Morgan fingerprint density at radius 3 is 2.25 bits per heavy atom. The largest absolute Gasteiger partial charge is 0.385 e. The second-order valence-corrected chi connectivity index (χ2v) is 6.78. The first-order chi connectivity index (χ1) is 11.6. The minimum atomic E-state index is -0.992. The summed E-state index contributed by atoms with van der Waals surface area (Å²) in [6.45, 7) is 0. The third-order valence-corrected chi connectivity index (χ3v) is 5.31. The maximum atomic E-state index is 13.2. The Labute approximate surface area is 139 Å². The molecule has 124 valence electrons. The van der Waals surface area contributed by atoms with Gasteiger partial charge in [-0.1, -0.05) is 12.1 Å². The Kier molecular flexibility index (Phi) is 3.61. The van der Waals surface area contributed by atoms with Gasteiger partial charge in [0.25, 0.3) is 5.91 Å². The average molecular weight is 326 g/mol. The van der Waals surface area contributed by atoms with Gasteiger partial charge < -0.3 is 10.0 Å². The minimum Gasteiger partial charge on any atom is -0.385 e. The van der Waals surface area contributed by atoms with Crippen molar-refractivity contribution in [3.05, 3.63) is 65.7 Å². The second kappa shape index (κ2) is 5.67. The number of piperidine rings is 1. The SMILES string of the molecule is O=C(c1ccncc1)N1[C@@H]2CC[C@H]1CC(O)(c1ccc(F)cc1)C2. The second-order valence-electron chi connectivity index (χ2n) is 6.78. The number of amides is 1. The summed E-state index contributed by atoms with van der Waals surface area (Å²) in [5.74, 6) is -0.304. The molecule has 1 aromatic carbocycles. The highest BCUT2D eigenvalue weighted by Crippen LogP contribution is 2.46. The maximum Gasteiger partial charge on any atom is 0.254 e. The van der Waals surface area contributed by atoms with Crippen LogP contribution in [0.2, 0.25) is 0 Å². The number of pyridine rings is 1. The molecule has 2 aromatic rings. The molecule has 2 aliphatic heterocycles. The predicted octanol–water partition coefficient (Wildman–Crippen LogP) is 2.88. The summed E-state index contributed by atoms with van der Waals surface area (Å²) in [6.07, 6.45) is 6.01. The lowest BCUT2D eigenvalue weighted by Crippen LogP contribution is -2.52. The zero-order valence-electron chi connectivity index (χ0n) is 13.2. The van der Waals surface area contributed by atoms with Gasteiger partial charge in [0.05, 0.1) is 5.60 Å². The topological polar surface area (TPSA) is 53.4 Å². The molecule has 4 nitrogen and oxygen atoms in total. The number of aromatic nitrogens is 1. The third kappa shape index (κ3) is 2.49. The van der Waals surface area contributed by atoms with Gasteiger partial charge >= 0.3 is 0 Å². The molecule has 1 aromatic heterocycles. The van der Waals surface area contributed by atoms with Gasteiger partial charge in [-0.3, -0.25) is 9.78 Å². The summed E-state index contributed by atoms with van der Waals surface area (Å²) in [5.41, 5.74) is 0.375. The fraction of sp³-hybridized carbons (Fsp3) is 0.368. The summed E-state index contributed by atoms with van der Waals surface area (Å²) in [5, 5.41) is 11.1. The molecule has 0 aliphatic carbocycles. The molecule has 1 amide bonds. The summed E-state index contributed by atoms with van der Waals surface area (Å²) in [6, 6.07) is 9.53. The molecule has 2 saturated heterocycles. The van der Waals surface area contributed by atoms with Crippen molar-refractivity contribution in [2.24, 2.45) is 0 Å². The van der Waals surface area contributed by atoms with Crippen LogP contribution in [0.3, 0.4) is 0 Å². The molecule has 3 heterocycles. The Bertz CT molecular complexity index is 734. The first-order valence-electron chi connectivity index (χ1n) is 8.28. The van der Waals surface area contributed by atoms with Gasteiger partial charge in [-0.2, -0.15) is 0 Å². The molecule has 1 unspecified atom stereocenters. The molecule has 0 spiro atoms. The fourth-order valence-corrected chi connectivity index (χ4v) is 4.20. The fourth-order valence-electron chi connectivity index (χ4n) is 4.20. The van der Waals surface area contributed by atoms with E-state index < -0.39 is 5.60 Å². The molecule has 1 N–H and O–H groups in total. The monoisotopic (exact) mass is 326 g/mol. The predicted molar refractivity (Wildman–Crippen MR) is 86.7 cm³/mol. The summed E-state index contributed by atoms with van der Waals surface area (Å²) in [7, 11) is 0. The number of halogens is 1. The van der Waals surface area contributed by atoms with Crippen molar-refractivity contribution in [1.29, 1.82) is 0 Å². The highest BCUT2D eigenvalue weighted by Gasteiger charge is 2.50. The number of aliphatic hydroxyl groups is 1. The van der Waals surface area contributed by atoms with Crippen molar-refractivity contribution in [3.8, 4) is 0 Å². The van der Waals surface area contributed by atoms with E-state index in [-0.39, 0.29) is 23.8 Å². The van der Waals surface area contributed by atoms with Crippen molar-refractivity contribution in [1.82, 2.24) is 9.88 Å². The van der Waals surface area contributed by atoms with E-state index in [1.54, 1.807) is 36.7 Å². The lowest BCUT2D eigenvalue weighted by molar-refractivity contribution is -0.0479. The maximum absolute atomic E-state index is 13.2. The zero-order valence-corrected chi connectivity index (χ0v) is 13.2. The van der Waals surface area contributed by atoms with E-state index in [2.05, 4.69) is 4.98 Å². The molecular formula is C19H19FN2O2. The quantitative estimate of drug-likeness (QED) is 0.923. The van der Waals surface area contributed by atoms with Crippen molar-refractivity contribution < 1.29 is 14.3 Å². The standard InChI is InChI=1S/C19H19FN2O2/c20-15-3-1-14(2-4-15)19(24)11-16-5-6-17(12-19)22(16)18(23)13-7-9-21-10-8-13/h1-4,7-10,16-17,24H,5-6,11-12H2/t16-,17+,19?. The molecule has 2 bridgehead atoms. The van der Waals surface area contributed by atoms with E-state index >= 15 is 0 Å². The van der Waals surface area contributed by atoms with Gasteiger partial charge in [0.1, 0.15) is 5.82 Å². The van der Waals surface area contributed by atoms with Gasteiger partial charge in [-0.05, 0) is 42.7 Å². The molecule has 3 atom stereocenters. The number of rotatable bonds is 2. The minimum absolute atomic E-state index is 0.00561. The highest BCUT2D eigenvalue weighted by atomic mass is 19.1. The van der Waals surface area contributed by atoms with Gasteiger partial charge in [0.2, 0.25) is 0 Å². The number of nitrogens with zero attached hydrogens (tertiary/aromatic N) is 2. The van der Waals surface area contributed by atoms with E-state index in [1.807, 2.05) is 4.90 Å². The van der Waals surface area contributed by atoms with Crippen molar-refractivity contribution in [3.63, 3.8) is 0 Å². The lowest BCUT2D eigenvalue weighted by atomic mass is 9.80. The van der Waals surface area contributed by atoms with Gasteiger partial charge in [0, 0.05) is 42.9 Å². The van der Waals surface area contributed by atoms with E-state index in [0.717, 1.165) is 18.4 Å². The van der Waals surface area contributed by atoms with Crippen LogP contribution < -0.4 is 0 Å². The van der Waals surface area contributed by atoms with Gasteiger partial charge in [0.15, 0.2) is 0 Å². The number of benzene rings is 1. The summed E-state index contributed by atoms with van der Waals surface area (Å²) >= 11 is 0. The van der Waals surface area contributed by atoms with Crippen LogP contribution in [0.4, 0.5) is 4.39 Å². The van der Waals surface area contributed by atoms with Gasteiger partial charge in [-0.15, -0.1) is 0 Å². The number of hydrogen-bond donors (Lipinski definition) is 1. The lowest BCUT2D eigenvalue weighted by Gasteiger charge is -2.44. The normalized spacial score (nSPS) is 28.8. The smallest absolute Gasteiger partial charge is 0.254 e. The Hall–Kier alpha value is -2.27. The van der Waals surface area contributed by atoms with E-state index in [0.29, 0.717) is 18.4 Å². The summed E-state index contributed by atoms with van der Waals surface area (Å²) in [4.78, 5) is 18.7. The molecule has 2 aliphatic rings. The van der Waals surface area contributed by atoms with Crippen LogP contribution in [-0.4, -0.2) is 33.0 Å². The third-order valence-electron chi connectivity index (χ3n) is 5.31. The molecule has 4 rings (SSSR count). The van der Waals surface area contributed by atoms with Crippen LogP contribution >= 0.6 is 0 Å². The first kappa shape index (κ1) is 15.3. The van der Waals surface area contributed by atoms with Crippen LogP contribution in [0.25, 0.3) is 0 Å². The molecular weight excluding hydrogens is 307 g/mol. The van der Waals surface area contributed by atoms with Crippen LogP contribution in [0.1, 0.15) is 41.6 Å². The Balaban J connectivity index is 1.60. The Morgan fingerprint density at radius 1 is 1.08 bits per heavy atom. The van der Waals surface area contributed by atoms with E-state index in [1.165, 1.54) is 12.1 Å². The van der Waals surface area contributed by atoms with E-state index in [9.17, 15) is 14.3 Å². The Morgan fingerprint density at radius 2 is 1.67 bits per heavy atom.